The molecule has 128 valence electrons. The second-order valence-corrected chi connectivity index (χ2v) is 7.04. The number of benzene rings is 2. The molecule has 1 unspecified atom stereocenters. The van der Waals surface area contributed by atoms with Crippen LogP contribution in [0.4, 0.5) is 4.39 Å². The highest BCUT2D eigenvalue weighted by Crippen LogP contribution is 2.17. The fourth-order valence-electron chi connectivity index (χ4n) is 1.95. The number of likely N-dealkylation sites (N-methyl/N-ethyl adjacent to an activating group) is 1. The van der Waals surface area contributed by atoms with E-state index in [9.17, 15) is 22.7 Å². The first kappa shape index (κ1) is 17.9. The lowest BCUT2D eigenvalue weighted by Gasteiger charge is -2.22. The number of carboxylic acid groups (broad SMARTS) is 1. The maximum absolute atomic E-state index is 12.9. The Balaban J connectivity index is 2.16. The van der Waals surface area contributed by atoms with Gasteiger partial charge in [-0.2, -0.15) is 4.31 Å². The third-order valence-corrected chi connectivity index (χ3v) is 5.08. The van der Waals surface area contributed by atoms with Gasteiger partial charge in [0.1, 0.15) is 11.6 Å². The Morgan fingerprint density at radius 3 is 2.29 bits per heavy atom. The van der Waals surface area contributed by atoms with Crippen LogP contribution in [0.2, 0.25) is 0 Å². The molecule has 0 saturated carbocycles. The SMILES string of the molecule is CN(CC(Oc1ccccc1)C(=O)O)S(=O)(=O)c1ccc(F)cc1. The maximum Gasteiger partial charge on any atom is 0.346 e. The van der Waals surface area contributed by atoms with Crippen molar-refractivity contribution in [3.63, 3.8) is 0 Å². The van der Waals surface area contributed by atoms with Crippen molar-refractivity contribution in [3.05, 3.63) is 60.4 Å². The molecule has 24 heavy (non-hydrogen) atoms. The summed E-state index contributed by atoms with van der Waals surface area (Å²) >= 11 is 0. The predicted molar refractivity (Wildman–Crippen MR) is 84.7 cm³/mol. The van der Waals surface area contributed by atoms with Crippen LogP contribution in [0.5, 0.6) is 5.75 Å². The molecule has 0 bridgehead atoms. The summed E-state index contributed by atoms with van der Waals surface area (Å²) in [5.74, 6) is -1.54. The third-order valence-electron chi connectivity index (χ3n) is 3.24. The van der Waals surface area contributed by atoms with Crippen molar-refractivity contribution in [1.82, 2.24) is 4.31 Å². The normalized spacial score (nSPS) is 12.8. The van der Waals surface area contributed by atoms with E-state index < -0.39 is 34.5 Å². The molecule has 0 aromatic heterocycles. The zero-order valence-electron chi connectivity index (χ0n) is 12.8. The van der Waals surface area contributed by atoms with E-state index in [2.05, 4.69) is 0 Å². The van der Waals surface area contributed by atoms with Gasteiger partial charge in [0.2, 0.25) is 16.1 Å². The van der Waals surface area contributed by atoms with Gasteiger partial charge in [-0.3, -0.25) is 0 Å². The maximum atomic E-state index is 12.9. The van der Waals surface area contributed by atoms with Crippen LogP contribution < -0.4 is 4.74 Å². The number of sulfonamides is 1. The third kappa shape index (κ3) is 4.30. The highest BCUT2D eigenvalue weighted by molar-refractivity contribution is 7.89. The first-order chi connectivity index (χ1) is 11.3. The summed E-state index contributed by atoms with van der Waals surface area (Å²) in [6, 6.07) is 12.5. The van der Waals surface area contributed by atoms with Crippen molar-refractivity contribution >= 4 is 16.0 Å². The van der Waals surface area contributed by atoms with E-state index >= 15 is 0 Å². The van der Waals surface area contributed by atoms with Crippen molar-refractivity contribution < 1.29 is 27.4 Å². The highest BCUT2D eigenvalue weighted by Gasteiger charge is 2.28. The van der Waals surface area contributed by atoms with Gasteiger partial charge >= 0.3 is 5.97 Å². The number of carboxylic acids is 1. The minimum Gasteiger partial charge on any atom is -0.478 e. The van der Waals surface area contributed by atoms with E-state index in [0.29, 0.717) is 5.75 Å². The molecule has 2 aromatic rings. The molecule has 6 nitrogen and oxygen atoms in total. The Bertz CT molecular complexity index is 793. The van der Waals surface area contributed by atoms with Crippen molar-refractivity contribution in [1.29, 1.82) is 0 Å². The van der Waals surface area contributed by atoms with E-state index in [1.54, 1.807) is 30.3 Å². The van der Waals surface area contributed by atoms with Crippen LogP contribution in [0.25, 0.3) is 0 Å². The Hall–Kier alpha value is -2.45. The summed E-state index contributed by atoms with van der Waals surface area (Å²) in [7, 11) is -2.71. The van der Waals surface area contributed by atoms with Gasteiger partial charge in [-0.15, -0.1) is 0 Å². The molecule has 2 rings (SSSR count). The van der Waals surface area contributed by atoms with Crippen molar-refractivity contribution in [3.8, 4) is 5.75 Å². The van der Waals surface area contributed by atoms with E-state index in [-0.39, 0.29) is 4.90 Å². The number of nitrogens with zero attached hydrogens (tertiary/aromatic N) is 1. The van der Waals surface area contributed by atoms with Gasteiger partial charge in [0.05, 0.1) is 11.4 Å². The van der Waals surface area contributed by atoms with E-state index in [1.807, 2.05) is 0 Å². The number of ether oxygens (including phenoxy) is 1. The Morgan fingerprint density at radius 1 is 1.17 bits per heavy atom. The van der Waals surface area contributed by atoms with Crippen LogP contribution in [-0.4, -0.2) is 43.5 Å². The smallest absolute Gasteiger partial charge is 0.346 e. The topological polar surface area (TPSA) is 83.9 Å². The lowest BCUT2D eigenvalue weighted by Crippen LogP contribution is -2.41. The van der Waals surface area contributed by atoms with Gasteiger partial charge in [0.25, 0.3) is 0 Å². The van der Waals surface area contributed by atoms with Gasteiger partial charge < -0.3 is 9.84 Å². The second-order valence-electron chi connectivity index (χ2n) is 5.00. The van der Waals surface area contributed by atoms with Gasteiger partial charge in [0.15, 0.2) is 0 Å². The molecule has 0 amide bonds. The van der Waals surface area contributed by atoms with E-state index in [0.717, 1.165) is 28.6 Å². The number of halogens is 1. The number of hydrogen-bond donors (Lipinski definition) is 1. The van der Waals surface area contributed by atoms with Crippen LogP contribution in [0, 0.1) is 5.82 Å². The van der Waals surface area contributed by atoms with Crippen LogP contribution in [0.15, 0.2) is 59.5 Å². The Labute approximate surface area is 139 Å². The van der Waals surface area contributed by atoms with Gasteiger partial charge in [-0.05, 0) is 36.4 Å². The van der Waals surface area contributed by atoms with Crippen LogP contribution in [0.3, 0.4) is 0 Å². The molecule has 0 heterocycles. The molecule has 0 aliphatic carbocycles. The monoisotopic (exact) mass is 353 g/mol. The lowest BCUT2D eigenvalue weighted by molar-refractivity contribution is -0.145. The summed E-state index contributed by atoms with van der Waals surface area (Å²) < 4.78 is 43.9. The fraction of sp³-hybridized carbons (Fsp3) is 0.188. The molecule has 0 radical (unpaired) electrons. The minimum absolute atomic E-state index is 0.129. The number of para-hydroxylation sites is 1. The molecule has 0 aliphatic heterocycles. The molecule has 0 fully saturated rings. The highest BCUT2D eigenvalue weighted by atomic mass is 32.2. The lowest BCUT2D eigenvalue weighted by atomic mass is 10.3. The first-order valence-electron chi connectivity index (χ1n) is 6.97. The zero-order chi connectivity index (χ0) is 17.7. The Kier molecular flexibility index (Phi) is 5.53. The molecule has 0 saturated heterocycles. The number of carbonyl (C=O) groups is 1. The molecule has 1 N–H and O–H groups in total. The van der Waals surface area contributed by atoms with Gasteiger partial charge in [-0.1, -0.05) is 18.2 Å². The molecular weight excluding hydrogens is 337 g/mol. The average Bonchev–Trinajstić information content (AvgIpc) is 2.55. The van der Waals surface area contributed by atoms with Gasteiger partial charge in [-0.25, -0.2) is 17.6 Å². The standard InChI is InChI=1S/C16H16FNO5S/c1-18(24(21,22)14-9-7-12(17)8-10-14)11-15(16(19)20)23-13-5-3-2-4-6-13/h2-10,15H,11H2,1H3,(H,19,20). The number of aliphatic carboxylic acids is 1. The molecule has 0 spiro atoms. The number of rotatable bonds is 7. The van der Waals surface area contributed by atoms with Gasteiger partial charge in [0, 0.05) is 7.05 Å². The van der Waals surface area contributed by atoms with Crippen LogP contribution in [0.1, 0.15) is 0 Å². The average molecular weight is 353 g/mol. The first-order valence-corrected chi connectivity index (χ1v) is 8.41. The minimum atomic E-state index is -3.95. The largest absolute Gasteiger partial charge is 0.478 e. The molecule has 1 atom stereocenters. The van der Waals surface area contributed by atoms with Crippen molar-refractivity contribution in [2.24, 2.45) is 0 Å². The zero-order valence-corrected chi connectivity index (χ0v) is 13.6. The van der Waals surface area contributed by atoms with E-state index in [1.165, 1.54) is 7.05 Å². The summed E-state index contributed by atoms with van der Waals surface area (Å²) in [5.41, 5.74) is 0. The predicted octanol–water partition coefficient (Wildman–Crippen LogP) is 1.98. The van der Waals surface area contributed by atoms with E-state index in [4.69, 9.17) is 4.74 Å². The van der Waals surface area contributed by atoms with Crippen LogP contribution in [-0.2, 0) is 14.8 Å². The summed E-state index contributed by atoms with van der Waals surface area (Å²) in [4.78, 5) is 11.2. The van der Waals surface area contributed by atoms with Crippen molar-refractivity contribution in [2.45, 2.75) is 11.0 Å². The molecule has 2 aromatic carbocycles. The molecular formula is C16H16FNO5S. The number of hydrogen-bond acceptors (Lipinski definition) is 4. The van der Waals surface area contributed by atoms with Crippen LogP contribution >= 0.6 is 0 Å². The summed E-state index contributed by atoms with van der Waals surface area (Å²) in [5, 5.41) is 9.26. The summed E-state index contributed by atoms with van der Waals surface area (Å²) in [6.45, 7) is -0.399. The Morgan fingerprint density at radius 2 is 1.75 bits per heavy atom. The molecule has 8 heteroatoms. The van der Waals surface area contributed by atoms with Crippen molar-refractivity contribution in [2.75, 3.05) is 13.6 Å². The quantitative estimate of drug-likeness (QED) is 0.823. The second kappa shape index (κ2) is 7.41. The molecule has 0 aliphatic rings. The summed E-state index contributed by atoms with van der Waals surface area (Å²) in [6.07, 6.45) is -1.38. The fourth-order valence-corrected chi connectivity index (χ4v) is 3.12.